The Hall–Kier alpha value is -2.37. The van der Waals surface area contributed by atoms with Gasteiger partial charge in [-0.1, -0.05) is 37.6 Å². The minimum Gasteiger partial charge on any atom is -0.352 e. The molecule has 1 saturated heterocycles. The summed E-state index contributed by atoms with van der Waals surface area (Å²) in [6.07, 6.45) is 9.73. The highest BCUT2D eigenvalue weighted by Gasteiger charge is 2.54. The first kappa shape index (κ1) is 22.4. The van der Waals surface area contributed by atoms with Gasteiger partial charge in [0.2, 0.25) is 5.91 Å². The summed E-state index contributed by atoms with van der Waals surface area (Å²) in [6.45, 7) is 5.74. The third-order valence-electron chi connectivity index (χ3n) is 9.03. The van der Waals surface area contributed by atoms with Crippen LogP contribution >= 0.6 is 0 Å². The Bertz CT molecular complexity index is 921. The average Bonchev–Trinajstić information content (AvgIpc) is 2.97. The van der Waals surface area contributed by atoms with E-state index in [1.807, 2.05) is 24.3 Å². The van der Waals surface area contributed by atoms with Crippen molar-refractivity contribution in [1.82, 2.24) is 15.5 Å². The number of rotatable bonds is 7. The van der Waals surface area contributed by atoms with Crippen molar-refractivity contribution in [2.45, 2.75) is 83.7 Å². The standard InChI is InChI=1S/C27H37N3O3/c1-4-5-18-6-8-22(9-7-18)26(3)24(32)30(25(33)29-26)16-23(31)28-17(2)27-13-19-10-20(14-27)12-21(11-19)15-27/h6-9,17,19-21H,4-5,10-16H2,1-3H3,(H,28,31)(H,29,33)/t17-,19?,20?,21?,26+,27?/m1/s1. The Balaban J connectivity index is 1.24. The molecular formula is C27H37N3O3. The molecule has 33 heavy (non-hydrogen) atoms. The van der Waals surface area contributed by atoms with Gasteiger partial charge in [0.05, 0.1) is 0 Å². The number of aryl methyl sites for hydroxylation is 1. The summed E-state index contributed by atoms with van der Waals surface area (Å²) in [5, 5.41) is 6.00. The number of imide groups is 1. The molecule has 5 fully saturated rings. The third kappa shape index (κ3) is 3.85. The summed E-state index contributed by atoms with van der Waals surface area (Å²) in [6, 6.07) is 7.39. The molecule has 0 unspecified atom stereocenters. The van der Waals surface area contributed by atoms with Crippen molar-refractivity contribution in [3.63, 3.8) is 0 Å². The number of urea groups is 1. The first-order valence-electron chi connectivity index (χ1n) is 12.8. The van der Waals surface area contributed by atoms with Gasteiger partial charge in [0.25, 0.3) is 5.91 Å². The summed E-state index contributed by atoms with van der Waals surface area (Å²) in [5.74, 6) is 1.82. The van der Waals surface area contributed by atoms with Gasteiger partial charge in [-0.2, -0.15) is 0 Å². The zero-order chi connectivity index (χ0) is 23.4. The summed E-state index contributed by atoms with van der Waals surface area (Å²) >= 11 is 0. The van der Waals surface area contributed by atoms with Crippen molar-refractivity contribution < 1.29 is 14.4 Å². The first-order valence-corrected chi connectivity index (χ1v) is 12.8. The molecule has 4 bridgehead atoms. The third-order valence-corrected chi connectivity index (χ3v) is 9.03. The largest absolute Gasteiger partial charge is 0.352 e. The predicted octanol–water partition coefficient (Wildman–Crippen LogP) is 4.13. The number of carbonyl (C=O) groups excluding carboxylic acids is 3. The number of carbonyl (C=O) groups is 3. The Morgan fingerprint density at radius 3 is 2.21 bits per heavy atom. The highest BCUT2D eigenvalue weighted by molar-refractivity contribution is 6.09. The van der Waals surface area contributed by atoms with Crippen LogP contribution in [0.1, 0.15) is 76.8 Å². The van der Waals surface area contributed by atoms with E-state index in [1.54, 1.807) is 6.92 Å². The first-order chi connectivity index (χ1) is 15.7. The van der Waals surface area contributed by atoms with Gasteiger partial charge in [0.15, 0.2) is 0 Å². The second-order valence-electron chi connectivity index (χ2n) is 11.5. The number of benzene rings is 1. The molecule has 0 aromatic heterocycles. The smallest absolute Gasteiger partial charge is 0.325 e. The molecule has 4 saturated carbocycles. The van der Waals surface area contributed by atoms with E-state index in [0.717, 1.165) is 41.1 Å². The number of nitrogens with one attached hydrogen (secondary N) is 2. The van der Waals surface area contributed by atoms with E-state index in [1.165, 1.54) is 44.1 Å². The lowest BCUT2D eigenvalue weighted by Crippen LogP contribution is -2.57. The van der Waals surface area contributed by atoms with Crippen molar-refractivity contribution in [2.24, 2.45) is 23.2 Å². The van der Waals surface area contributed by atoms with Crippen LogP contribution in [0.5, 0.6) is 0 Å². The van der Waals surface area contributed by atoms with E-state index in [2.05, 4.69) is 24.5 Å². The van der Waals surface area contributed by atoms with E-state index in [4.69, 9.17) is 0 Å². The quantitative estimate of drug-likeness (QED) is 0.612. The van der Waals surface area contributed by atoms with Crippen molar-refractivity contribution >= 4 is 17.8 Å². The number of amides is 4. The van der Waals surface area contributed by atoms with E-state index >= 15 is 0 Å². The van der Waals surface area contributed by atoms with Crippen molar-refractivity contribution in [3.05, 3.63) is 35.4 Å². The maximum Gasteiger partial charge on any atom is 0.325 e. The summed E-state index contributed by atoms with van der Waals surface area (Å²) in [4.78, 5) is 40.0. The van der Waals surface area contributed by atoms with Gasteiger partial charge in [-0.15, -0.1) is 0 Å². The Morgan fingerprint density at radius 1 is 1.09 bits per heavy atom. The lowest BCUT2D eigenvalue weighted by atomic mass is 9.48. The van der Waals surface area contributed by atoms with Gasteiger partial charge >= 0.3 is 6.03 Å². The van der Waals surface area contributed by atoms with Crippen LogP contribution in [0.2, 0.25) is 0 Å². The SMILES string of the molecule is CCCc1ccc([C@]2(C)NC(=O)N(CC(=O)N[C@H](C)C34CC5CC(CC(C5)C3)C4)C2=O)cc1. The number of nitrogens with zero attached hydrogens (tertiary/aromatic N) is 1. The molecule has 1 heterocycles. The van der Waals surface area contributed by atoms with Crippen LogP contribution in [0.25, 0.3) is 0 Å². The Morgan fingerprint density at radius 2 is 1.67 bits per heavy atom. The molecule has 4 aliphatic carbocycles. The molecule has 6 nitrogen and oxygen atoms in total. The van der Waals surface area contributed by atoms with Gasteiger partial charge < -0.3 is 10.6 Å². The van der Waals surface area contributed by atoms with Crippen molar-refractivity contribution in [2.75, 3.05) is 6.54 Å². The predicted molar refractivity (Wildman–Crippen MR) is 126 cm³/mol. The molecule has 0 spiro atoms. The molecule has 4 amide bonds. The van der Waals surface area contributed by atoms with Gasteiger partial charge in [-0.25, -0.2) is 4.79 Å². The second-order valence-corrected chi connectivity index (χ2v) is 11.5. The van der Waals surface area contributed by atoms with Crippen molar-refractivity contribution in [3.8, 4) is 0 Å². The average molecular weight is 452 g/mol. The fourth-order valence-corrected chi connectivity index (χ4v) is 7.62. The Kier molecular flexibility index (Phi) is 5.53. The van der Waals surface area contributed by atoms with Gasteiger partial charge in [-0.3, -0.25) is 14.5 Å². The molecule has 178 valence electrons. The molecule has 1 aromatic carbocycles. The van der Waals surface area contributed by atoms with Crippen LogP contribution in [0, 0.1) is 23.2 Å². The van der Waals surface area contributed by atoms with Crippen LogP contribution in [-0.2, 0) is 21.5 Å². The van der Waals surface area contributed by atoms with Crippen LogP contribution in [0.15, 0.2) is 24.3 Å². The maximum atomic E-state index is 13.3. The molecule has 2 atom stereocenters. The van der Waals surface area contributed by atoms with E-state index in [0.29, 0.717) is 0 Å². The monoisotopic (exact) mass is 451 g/mol. The van der Waals surface area contributed by atoms with Crippen LogP contribution in [0.3, 0.4) is 0 Å². The molecule has 6 heteroatoms. The molecular weight excluding hydrogens is 414 g/mol. The van der Waals surface area contributed by atoms with E-state index in [-0.39, 0.29) is 29.8 Å². The number of hydrogen-bond donors (Lipinski definition) is 2. The highest BCUT2D eigenvalue weighted by atomic mass is 16.2. The minimum absolute atomic E-state index is 0.0664. The normalized spacial score (nSPS) is 35.6. The lowest BCUT2D eigenvalue weighted by molar-refractivity contribution is -0.136. The van der Waals surface area contributed by atoms with E-state index < -0.39 is 11.6 Å². The van der Waals surface area contributed by atoms with Crippen LogP contribution in [0.4, 0.5) is 4.79 Å². The second kappa shape index (κ2) is 8.14. The van der Waals surface area contributed by atoms with E-state index in [9.17, 15) is 14.4 Å². The maximum absolute atomic E-state index is 13.3. The fraction of sp³-hybridized carbons (Fsp3) is 0.667. The molecule has 0 radical (unpaired) electrons. The molecule has 5 aliphatic rings. The molecule has 2 N–H and O–H groups in total. The lowest BCUT2D eigenvalue weighted by Gasteiger charge is -2.59. The fourth-order valence-electron chi connectivity index (χ4n) is 7.62. The summed E-state index contributed by atoms with van der Waals surface area (Å²) < 4.78 is 0. The Labute approximate surface area is 196 Å². The van der Waals surface area contributed by atoms with Crippen molar-refractivity contribution in [1.29, 1.82) is 0 Å². The van der Waals surface area contributed by atoms with Crippen LogP contribution in [-0.4, -0.2) is 35.3 Å². The molecule has 1 aliphatic heterocycles. The zero-order valence-corrected chi connectivity index (χ0v) is 20.2. The molecule has 6 rings (SSSR count). The summed E-state index contributed by atoms with van der Waals surface area (Å²) in [5.41, 5.74) is 0.992. The van der Waals surface area contributed by atoms with Crippen LogP contribution < -0.4 is 10.6 Å². The minimum atomic E-state index is -1.15. The van der Waals surface area contributed by atoms with Gasteiger partial charge in [0.1, 0.15) is 12.1 Å². The topological polar surface area (TPSA) is 78.5 Å². The number of hydrogen-bond acceptors (Lipinski definition) is 3. The van der Waals surface area contributed by atoms with Gasteiger partial charge in [0, 0.05) is 6.04 Å². The zero-order valence-electron chi connectivity index (χ0n) is 20.2. The highest BCUT2D eigenvalue weighted by Crippen LogP contribution is 2.61. The molecule has 1 aromatic rings. The summed E-state index contributed by atoms with van der Waals surface area (Å²) in [7, 11) is 0. The van der Waals surface area contributed by atoms with Gasteiger partial charge in [-0.05, 0) is 93.1 Å².